The topological polar surface area (TPSA) is 71.2 Å². The lowest BCUT2D eigenvalue weighted by Crippen LogP contribution is -2.11. The number of nitrogens with one attached hydrogen (secondary N) is 1. The molecule has 0 bridgehead atoms. The molecule has 0 saturated carbocycles. The summed E-state index contributed by atoms with van der Waals surface area (Å²) in [6.07, 6.45) is 0. The molecule has 84 valence electrons. The van der Waals surface area contributed by atoms with Crippen molar-refractivity contribution in [1.82, 2.24) is 4.98 Å². The molecule has 0 saturated heterocycles. The lowest BCUT2D eigenvalue weighted by atomic mass is 10.1. The van der Waals surface area contributed by atoms with Crippen LogP contribution in [0.3, 0.4) is 0 Å². The summed E-state index contributed by atoms with van der Waals surface area (Å²) in [6, 6.07) is 9.93. The fourth-order valence-electron chi connectivity index (χ4n) is 1.64. The normalized spacial score (nSPS) is 10.6. The van der Waals surface area contributed by atoms with Crippen LogP contribution in [0, 0.1) is 0 Å². The molecular weight excluding hydrogens is 202 g/mol. The SMILES string of the molecule is NCc1cc2ccccc2nc1NCCO. The van der Waals surface area contributed by atoms with Crippen molar-refractivity contribution in [2.24, 2.45) is 5.73 Å². The summed E-state index contributed by atoms with van der Waals surface area (Å²) in [7, 11) is 0. The van der Waals surface area contributed by atoms with Crippen LogP contribution in [-0.2, 0) is 6.54 Å². The van der Waals surface area contributed by atoms with E-state index in [1.54, 1.807) is 0 Å². The Morgan fingerprint density at radius 3 is 2.88 bits per heavy atom. The monoisotopic (exact) mass is 217 g/mol. The quantitative estimate of drug-likeness (QED) is 0.717. The molecule has 0 aliphatic rings. The maximum Gasteiger partial charge on any atom is 0.131 e. The standard InChI is InChI=1S/C12H15N3O/c13-8-10-7-9-3-1-2-4-11(9)15-12(10)14-5-6-16/h1-4,7,16H,5-6,8,13H2,(H,14,15). The lowest BCUT2D eigenvalue weighted by molar-refractivity contribution is 0.311. The molecule has 2 aromatic rings. The van der Waals surface area contributed by atoms with Crippen LogP contribution in [0.4, 0.5) is 5.82 Å². The van der Waals surface area contributed by atoms with E-state index in [9.17, 15) is 0 Å². The van der Waals surface area contributed by atoms with Crippen molar-refractivity contribution >= 4 is 16.7 Å². The average Bonchev–Trinajstić information content (AvgIpc) is 2.35. The second-order valence-electron chi connectivity index (χ2n) is 3.54. The number of benzene rings is 1. The fourth-order valence-corrected chi connectivity index (χ4v) is 1.64. The number of pyridine rings is 1. The first-order chi connectivity index (χ1) is 7.85. The van der Waals surface area contributed by atoms with Gasteiger partial charge in [0.25, 0.3) is 0 Å². The van der Waals surface area contributed by atoms with E-state index in [1.165, 1.54) is 0 Å². The third-order valence-electron chi connectivity index (χ3n) is 2.43. The van der Waals surface area contributed by atoms with E-state index in [0.717, 1.165) is 22.3 Å². The fraction of sp³-hybridized carbons (Fsp3) is 0.250. The third kappa shape index (κ3) is 2.13. The molecule has 4 nitrogen and oxygen atoms in total. The molecule has 0 fully saturated rings. The van der Waals surface area contributed by atoms with Crippen LogP contribution in [0.25, 0.3) is 10.9 Å². The van der Waals surface area contributed by atoms with E-state index >= 15 is 0 Å². The largest absolute Gasteiger partial charge is 0.395 e. The number of anilines is 1. The minimum atomic E-state index is 0.0819. The Morgan fingerprint density at radius 2 is 2.12 bits per heavy atom. The van der Waals surface area contributed by atoms with Crippen molar-refractivity contribution < 1.29 is 5.11 Å². The zero-order valence-electron chi connectivity index (χ0n) is 8.98. The second kappa shape index (κ2) is 4.92. The molecule has 4 N–H and O–H groups in total. The summed E-state index contributed by atoms with van der Waals surface area (Å²) < 4.78 is 0. The second-order valence-corrected chi connectivity index (χ2v) is 3.54. The molecule has 1 heterocycles. The van der Waals surface area contributed by atoms with E-state index in [4.69, 9.17) is 10.8 Å². The van der Waals surface area contributed by atoms with Crippen molar-refractivity contribution in [3.8, 4) is 0 Å². The van der Waals surface area contributed by atoms with Crippen LogP contribution in [0.15, 0.2) is 30.3 Å². The predicted molar refractivity (Wildman–Crippen MR) is 65.2 cm³/mol. The molecule has 0 radical (unpaired) electrons. The van der Waals surface area contributed by atoms with Gasteiger partial charge in [0.15, 0.2) is 0 Å². The van der Waals surface area contributed by atoms with Crippen LogP contribution in [0.5, 0.6) is 0 Å². The molecule has 0 unspecified atom stereocenters. The summed E-state index contributed by atoms with van der Waals surface area (Å²) in [5, 5.41) is 12.9. The van der Waals surface area contributed by atoms with E-state index in [-0.39, 0.29) is 6.61 Å². The summed E-state index contributed by atoms with van der Waals surface area (Å²) in [5.41, 5.74) is 7.57. The van der Waals surface area contributed by atoms with Gasteiger partial charge in [-0.05, 0) is 12.1 Å². The van der Waals surface area contributed by atoms with Gasteiger partial charge < -0.3 is 16.2 Å². The van der Waals surface area contributed by atoms with E-state index in [2.05, 4.69) is 10.3 Å². The summed E-state index contributed by atoms with van der Waals surface area (Å²) in [6.45, 7) is 1.00. The van der Waals surface area contributed by atoms with Crippen molar-refractivity contribution in [3.63, 3.8) is 0 Å². The van der Waals surface area contributed by atoms with Crippen LogP contribution in [0.2, 0.25) is 0 Å². The van der Waals surface area contributed by atoms with Gasteiger partial charge in [-0.3, -0.25) is 0 Å². The van der Waals surface area contributed by atoms with Gasteiger partial charge in [-0.2, -0.15) is 0 Å². The number of nitrogens with zero attached hydrogens (tertiary/aromatic N) is 1. The van der Waals surface area contributed by atoms with Gasteiger partial charge in [-0.15, -0.1) is 0 Å². The number of hydrogen-bond acceptors (Lipinski definition) is 4. The number of rotatable bonds is 4. The smallest absolute Gasteiger partial charge is 0.131 e. The minimum absolute atomic E-state index is 0.0819. The Labute approximate surface area is 94.1 Å². The summed E-state index contributed by atoms with van der Waals surface area (Å²) >= 11 is 0. The van der Waals surface area contributed by atoms with E-state index in [0.29, 0.717) is 13.1 Å². The average molecular weight is 217 g/mol. The molecule has 4 heteroatoms. The number of aliphatic hydroxyl groups is 1. The number of hydrogen-bond donors (Lipinski definition) is 3. The Kier molecular flexibility index (Phi) is 3.34. The molecule has 0 spiro atoms. The molecule has 1 aromatic carbocycles. The van der Waals surface area contributed by atoms with Gasteiger partial charge in [0.2, 0.25) is 0 Å². The van der Waals surface area contributed by atoms with Crippen LogP contribution in [-0.4, -0.2) is 23.2 Å². The maximum atomic E-state index is 8.78. The highest BCUT2D eigenvalue weighted by molar-refractivity contribution is 5.81. The van der Waals surface area contributed by atoms with Gasteiger partial charge in [0, 0.05) is 24.0 Å². The lowest BCUT2D eigenvalue weighted by Gasteiger charge is -2.10. The van der Waals surface area contributed by atoms with Crippen molar-refractivity contribution in [2.45, 2.75) is 6.54 Å². The third-order valence-corrected chi connectivity index (χ3v) is 2.43. The molecule has 0 aliphatic carbocycles. The van der Waals surface area contributed by atoms with Crippen LogP contribution < -0.4 is 11.1 Å². The number of para-hydroxylation sites is 1. The molecular formula is C12H15N3O. The first-order valence-electron chi connectivity index (χ1n) is 5.28. The van der Waals surface area contributed by atoms with Gasteiger partial charge in [-0.1, -0.05) is 18.2 Å². The number of nitrogens with two attached hydrogens (primary N) is 1. The van der Waals surface area contributed by atoms with Gasteiger partial charge in [0.1, 0.15) is 5.82 Å². The Balaban J connectivity index is 2.45. The zero-order valence-corrected chi connectivity index (χ0v) is 8.98. The molecule has 1 aromatic heterocycles. The number of aliphatic hydroxyl groups excluding tert-OH is 1. The Bertz CT molecular complexity index is 485. The van der Waals surface area contributed by atoms with E-state index < -0.39 is 0 Å². The zero-order chi connectivity index (χ0) is 11.4. The maximum absolute atomic E-state index is 8.78. The van der Waals surface area contributed by atoms with Gasteiger partial charge in [-0.25, -0.2) is 4.98 Å². The van der Waals surface area contributed by atoms with Gasteiger partial charge in [0.05, 0.1) is 12.1 Å². The van der Waals surface area contributed by atoms with Crippen molar-refractivity contribution in [2.75, 3.05) is 18.5 Å². The Hall–Kier alpha value is -1.65. The van der Waals surface area contributed by atoms with Crippen LogP contribution in [0.1, 0.15) is 5.56 Å². The predicted octanol–water partition coefficient (Wildman–Crippen LogP) is 1.10. The first kappa shape index (κ1) is 10.9. The van der Waals surface area contributed by atoms with Crippen LogP contribution >= 0.6 is 0 Å². The van der Waals surface area contributed by atoms with Gasteiger partial charge >= 0.3 is 0 Å². The summed E-state index contributed by atoms with van der Waals surface area (Å²) in [4.78, 5) is 4.48. The molecule has 16 heavy (non-hydrogen) atoms. The molecule has 0 atom stereocenters. The highest BCUT2D eigenvalue weighted by atomic mass is 16.3. The van der Waals surface area contributed by atoms with Crippen molar-refractivity contribution in [1.29, 1.82) is 0 Å². The summed E-state index contributed by atoms with van der Waals surface area (Å²) in [5.74, 6) is 0.759. The number of aromatic nitrogens is 1. The Morgan fingerprint density at radius 1 is 1.31 bits per heavy atom. The van der Waals surface area contributed by atoms with Crippen molar-refractivity contribution in [3.05, 3.63) is 35.9 Å². The van der Waals surface area contributed by atoms with E-state index in [1.807, 2.05) is 30.3 Å². The molecule has 0 aliphatic heterocycles. The molecule has 2 rings (SSSR count). The molecule has 0 amide bonds. The number of fused-ring (bicyclic) bond motifs is 1. The highest BCUT2D eigenvalue weighted by Gasteiger charge is 2.04. The highest BCUT2D eigenvalue weighted by Crippen LogP contribution is 2.19. The first-order valence-corrected chi connectivity index (χ1v) is 5.28. The minimum Gasteiger partial charge on any atom is -0.395 e.